The van der Waals surface area contributed by atoms with Gasteiger partial charge in [-0.1, -0.05) is 5.21 Å². The summed E-state index contributed by atoms with van der Waals surface area (Å²) >= 11 is 0. The quantitative estimate of drug-likeness (QED) is 0.756. The van der Waals surface area contributed by atoms with Crippen LogP contribution in [0.2, 0.25) is 0 Å². The number of rotatable bonds is 5. The maximum absolute atomic E-state index is 11.7. The highest BCUT2D eigenvalue weighted by molar-refractivity contribution is 5.84. The minimum absolute atomic E-state index is 0.112. The predicted octanol–water partition coefficient (Wildman–Crippen LogP) is -0.340. The Morgan fingerprint density at radius 3 is 2.95 bits per heavy atom. The first-order valence-corrected chi connectivity index (χ1v) is 6.13. The second kappa shape index (κ2) is 5.79. The van der Waals surface area contributed by atoms with Gasteiger partial charge in [-0.15, -0.1) is 5.10 Å². The van der Waals surface area contributed by atoms with Crippen molar-refractivity contribution in [2.45, 2.75) is 38.5 Å². The van der Waals surface area contributed by atoms with Crippen LogP contribution in [0.4, 0.5) is 0 Å². The molecule has 1 amide bonds. The third kappa shape index (κ3) is 3.50. The topological polar surface area (TPSA) is 106 Å². The molecule has 2 heterocycles. The molecule has 0 saturated carbocycles. The van der Waals surface area contributed by atoms with Gasteiger partial charge in [0.25, 0.3) is 0 Å². The van der Waals surface area contributed by atoms with Crippen molar-refractivity contribution in [3.8, 4) is 0 Å². The van der Waals surface area contributed by atoms with E-state index in [1.165, 1.54) is 10.9 Å². The van der Waals surface area contributed by atoms with E-state index in [1.807, 2.05) is 6.92 Å². The molecule has 19 heavy (non-hydrogen) atoms. The zero-order valence-electron chi connectivity index (χ0n) is 10.6. The lowest BCUT2D eigenvalue weighted by Gasteiger charge is -2.11. The number of carbonyl (C=O) groups excluding carboxylic acids is 1. The molecule has 1 aliphatic heterocycles. The number of amides is 1. The molecule has 1 aromatic heterocycles. The first-order valence-electron chi connectivity index (χ1n) is 6.13. The SMILES string of the molecule is CC1CCC(C(=O)NCCn2cc(C(=O)O)nn2)O1. The van der Waals surface area contributed by atoms with Crippen LogP contribution in [-0.4, -0.2) is 50.7 Å². The van der Waals surface area contributed by atoms with Crippen molar-refractivity contribution in [3.63, 3.8) is 0 Å². The number of ether oxygens (including phenoxy) is 1. The number of nitrogens with one attached hydrogen (secondary N) is 1. The molecule has 1 aliphatic rings. The molecule has 104 valence electrons. The number of hydrogen-bond donors (Lipinski definition) is 2. The lowest BCUT2D eigenvalue weighted by atomic mass is 10.2. The number of aromatic carboxylic acids is 1. The lowest BCUT2D eigenvalue weighted by molar-refractivity contribution is -0.131. The molecule has 0 aliphatic carbocycles. The van der Waals surface area contributed by atoms with Gasteiger partial charge in [0.15, 0.2) is 5.69 Å². The maximum Gasteiger partial charge on any atom is 0.358 e. The summed E-state index contributed by atoms with van der Waals surface area (Å²) in [7, 11) is 0. The number of carboxylic acid groups (broad SMARTS) is 1. The lowest BCUT2D eigenvalue weighted by Crippen LogP contribution is -2.36. The van der Waals surface area contributed by atoms with Crippen LogP contribution < -0.4 is 5.32 Å². The fourth-order valence-corrected chi connectivity index (χ4v) is 1.91. The number of carboxylic acids is 1. The van der Waals surface area contributed by atoms with Gasteiger partial charge >= 0.3 is 5.97 Å². The molecule has 0 aromatic carbocycles. The molecule has 8 heteroatoms. The van der Waals surface area contributed by atoms with Gasteiger partial charge in [0, 0.05) is 6.54 Å². The van der Waals surface area contributed by atoms with E-state index in [2.05, 4.69) is 15.6 Å². The number of hydrogen-bond acceptors (Lipinski definition) is 5. The molecule has 8 nitrogen and oxygen atoms in total. The van der Waals surface area contributed by atoms with Gasteiger partial charge in [-0.2, -0.15) is 0 Å². The second-order valence-electron chi connectivity index (χ2n) is 4.48. The fraction of sp³-hybridized carbons (Fsp3) is 0.636. The minimum Gasteiger partial charge on any atom is -0.476 e. The van der Waals surface area contributed by atoms with Gasteiger partial charge in [-0.25, -0.2) is 9.48 Å². The number of aromatic nitrogens is 3. The van der Waals surface area contributed by atoms with Gasteiger partial charge in [-0.05, 0) is 19.8 Å². The van der Waals surface area contributed by atoms with Crippen LogP contribution in [0.5, 0.6) is 0 Å². The van der Waals surface area contributed by atoms with E-state index in [0.29, 0.717) is 13.1 Å². The Morgan fingerprint density at radius 1 is 1.58 bits per heavy atom. The summed E-state index contributed by atoms with van der Waals surface area (Å²) in [6, 6.07) is 0. The molecule has 0 bridgehead atoms. The van der Waals surface area contributed by atoms with E-state index >= 15 is 0 Å². The highest BCUT2D eigenvalue weighted by atomic mass is 16.5. The van der Waals surface area contributed by atoms with E-state index in [-0.39, 0.29) is 23.8 Å². The van der Waals surface area contributed by atoms with Crippen LogP contribution in [0.15, 0.2) is 6.20 Å². The van der Waals surface area contributed by atoms with Crippen LogP contribution in [0, 0.1) is 0 Å². The number of carbonyl (C=O) groups is 2. The van der Waals surface area contributed by atoms with E-state index in [9.17, 15) is 9.59 Å². The molecule has 0 spiro atoms. The normalized spacial score (nSPS) is 22.4. The first kappa shape index (κ1) is 13.5. The van der Waals surface area contributed by atoms with Gasteiger partial charge in [0.05, 0.1) is 18.8 Å². The van der Waals surface area contributed by atoms with Crippen LogP contribution >= 0.6 is 0 Å². The van der Waals surface area contributed by atoms with Crippen molar-refractivity contribution >= 4 is 11.9 Å². The Hall–Kier alpha value is -1.96. The van der Waals surface area contributed by atoms with Crippen molar-refractivity contribution < 1.29 is 19.4 Å². The van der Waals surface area contributed by atoms with Crippen molar-refractivity contribution in [3.05, 3.63) is 11.9 Å². The number of nitrogens with zero attached hydrogens (tertiary/aromatic N) is 3. The summed E-state index contributed by atoms with van der Waals surface area (Å²) in [5.41, 5.74) is -0.112. The molecular formula is C11H16N4O4. The Morgan fingerprint density at radius 2 is 2.37 bits per heavy atom. The third-order valence-corrected chi connectivity index (χ3v) is 2.92. The molecule has 2 unspecified atom stereocenters. The standard InChI is InChI=1S/C11H16N4O4/c1-7-2-3-9(19-7)10(16)12-4-5-15-6-8(11(17)18)13-14-15/h6-7,9H,2-5H2,1H3,(H,12,16)(H,17,18). The fourth-order valence-electron chi connectivity index (χ4n) is 1.91. The van der Waals surface area contributed by atoms with Crippen molar-refractivity contribution in [2.24, 2.45) is 0 Å². The summed E-state index contributed by atoms with van der Waals surface area (Å²) in [6.45, 7) is 2.67. The molecule has 2 N–H and O–H groups in total. The first-order chi connectivity index (χ1) is 9.06. The largest absolute Gasteiger partial charge is 0.476 e. The van der Waals surface area contributed by atoms with Gasteiger partial charge in [0.1, 0.15) is 6.10 Å². The van der Waals surface area contributed by atoms with Crippen LogP contribution in [-0.2, 0) is 16.1 Å². The van der Waals surface area contributed by atoms with Crippen LogP contribution in [0.1, 0.15) is 30.3 Å². The summed E-state index contributed by atoms with van der Waals surface area (Å²) in [4.78, 5) is 22.3. The summed E-state index contributed by atoms with van der Waals surface area (Å²) < 4.78 is 6.81. The molecule has 1 fully saturated rings. The summed E-state index contributed by atoms with van der Waals surface area (Å²) in [5, 5.41) is 18.5. The molecule has 1 saturated heterocycles. The average Bonchev–Trinajstić information content (AvgIpc) is 2.98. The zero-order chi connectivity index (χ0) is 13.8. The van der Waals surface area contributed by atoms with E-state index in [1.54, 1.807) is 0 Å². The van der Waals surface area contributed by atoms with Gasteiger partial charge in [0.2, 0.25) is 5.91 Å². The Balaban J connectivity index is 1.73. The van der Waals surface area contributed by atoms with E-state index < -0.39 is 5.97 Å². The van der Waals surface area contributed by atoms with E-state index in [0.717, 1.165) is 12.8 Å². The highest BCUT2D eigenvalue weighted by Crippen LogP contribution is 2.18. The molecule has 2 atom stereocenters. The van der Waals surface area contributed by atoms with Crippen molar-refractivity contribution in [2.75, 3.05) is 6.54 Å². The van der Waals surface area contributed by atoms with Gasteiger partial charge in [-0.3, -0.25) is 4.79 Å². The molecule has 0 radical (unpaired) electrons. The summed E-state index contributed by atoms with van der Waals surface area (Å²) in [6.07, 6.45) is 2.70. The van der Waals surface area contributed by atoms with Crippen LogP contribution in [0.25, 0.3) is 0 Å². The second-order valence-corrected chi connectivity index (χ2v) is 4.48. The Bertz CT molecular complexity index is 473. The predicted molar refractivity (Wildman–Crippen MR) is 63.6 cm³/mol. The monoisotopic (exact) mass is 268 g/mol. The summed E-state index contributed by atoms with van der Waals surface area (Å²) in [5.74, 6) is -1.26. The van der Waals surface area contributed by atoms with Gasteiger partial charge < -0.3 is 15.2 Å². The molecular weight excluding hydrogens is 252 g/mol. The zero-order valence-corrected chi connectivity index (χ0v) is 10.6. The van der Waals surface area contributed by atoms with Crippen LogP contribution in [0.3, 0.4) is 0 Å². The maximum atomic E-state index is 11.7. The molecule has 1 aromatic rings. The smallest absolute Gasteiger partial charge is 0.358 e. The highest BCUT2D eigenvalue weighted by Gasteiger charge is 2.27. The average molecular weight is 268 g/mol. The Labute approximate surface area is 109 Å². The Kier molecular flexibility index (Phi) is 4.10. The van der Waals surface area contributed by atoms with Crippen molar-refractivity contribution in [1.82, 2.24) is 20.3 Å². The van der Waals surface area contributed by atoms with E-state index in [4.69, 9.17) is 9.84 Å². The third-order valence-electron chi connectivity index (χ3n) is 2.92. The molecule has 2 rings (SSSR count). The van der Waals surface area contributed by atoms with Crippen molar-refractivity contribution in [1.29, 1.82) is 0 Å². The minimum atomic E-state index is -1.12.